The summed E-state index contributed by atoms with van der Waals surface area (Å²) in [6.07, 6.45) is 2.97. The molecule has 0 bridgehead atoms. The maximum Gasteiger partial charge on any atom is 0.113 e. The standard InChI is InChI=1S/C6H12O2/c1-3-4-8-5-6(2)7/h3-4,6-7H,5H2,1-2H3. The molecule has 0 saturated heterocycles. The summed E-state index contributed by atoms with van der Waals surface area (Å²) in [6, 6.07) is 0. The van der Waals surface area contributed by atoms with Gasteiger partial charge in [0.1, 0.15) is 6.61 Å². The number of aliphatic hydroxyl groups is 1. The van der Waals surface area contributed by atoms with Crippen molar-refractivity contribution in [2.45, 2.75) is 20.0 Å². The van der Waals surface area contributed by atoms with Gasteiger partial charge >= 0.3 is 0 Å². The van der Waals surface area contributed by atoms with Crippen molar-refractivity contribution < 1.29 is 9.84 Å². The van der Waals surface area contributed by atoms with Crippen LogP contribution in [0, 0.1) is 0 Å². The lowest BCUT2D eigenvalue weighted by molar-refractivity contribution is 0.0975. The summed E-state index contributed by atoms with van der Waals surface area (Å²) >= 11 is 0. The first-order chi connectivity index (χ1) is 3.77. The summed E-state index contributed by atoms with van der Waals surface area (Å²) in [5.74, 6) is 0. The minimum Gasteiger partial charge on any atom is -0.499 e. The Balaban J connectivity index is 2.93. The summed E-state index contributed by atoms with van der Waals surface area (Å²) in [6.45, 7) is 3.93. The molecule has 0 heterocycles. The van der Waals surface area contributed by atoms with Crippen molar-refractivity contribution in [1.82, 2.24) is 0 Å². The Morgan fingerprint density at radius 1 is 1.75 bits per heavy atom. The van der Waals surface area contributed by atoms with E-state index in [0.29, 0.717) is 6.61 Å². The summed E-state index contributed by atoms with van der Waals surface area (Å²) in [4.78, 5) is 0. The van der Waals surface area contributed by atoms with Crippen LogP contribution in [0.1, 0.15) is 13.8 Å². The van der Waals surface area contributed by atoms with E-state index in [1.165, 1.54) is 0 Å². The molecule has 8 heavy (non-hydrogen) atoms. The van der Waals surface area contributed by atoms with Crippen molar-refractivity contribution in [3.63, 3.8) is 0 Å². The summed E-state index contributed by atoms with van der Waals surface area (Å²) in [7, 11) is 0. The van der Waals surface area contributed by atoms with E-state index in [2.05, 4.69) is 0 Å². The van der Waals surface area contributed by atoms with Crippen LogP contribution < -0.4 is 0 Å². The molecule has 48 valence electrons. The minimum absolute atomic E-state index is 0.369. The molecule has 0 aliphatic heterocycles. The van der Waals surface area contributed by atoms with E-state index >= 15 is 0 Å². The summed E-state index contributed by atoms with van der Waals surface area (Å²) < 4.78 is 4.81. The number of rotatable bonds is 3. The predicted octanol–water partition coefficient (Wildman–Crippen LogP) is 0.917. The van der Waals surface area contributed by atoms with Crippen molar-refractivity contribution >= 4 is 0 Å². The minimum atomic E-state index is -0.369. The van der Waals surface area contributed by atoms with Crippen LogP contribution in [0.4, 0.5) is 0 Å². The summed E-state index contributed by atoms with van der Waals surface area (Å²) in [5.41, 5.74) is 0. The monoisotopic (exact) mass is 116 g/mol. The largest absolute Gasteiger partial charge is 0.499 e. The molecule has 0 rings (SSSR count). The van der Waals surface area contributed by atoms with Gasteiger partial charge in [-0.05, 0) is 13.8 Å². The van der Waals surface area contributed by atoms with Crippen molar-refractivity contribution in [1.29, 1.82) is 0 Å². The molecule has 1 atom stereocenters. The number of hydrogen-bond acceptors (Lipinski definition) is 2. The topological polar surface area (TPSA) is 29.5 Å². The van der Waals surface area contributed by atoms with Crippen LogP contribution >= 0.6 is 0 Å². The molecule has 0 aliphatic rings. The van der Waals surface area contributed by atoms with Crippen molar-refractivity contribution in [3.05, 3.63) is 12.3 Å². The van der Waals surface area contributed by atoms with Crippen LogP contribution in [0.2, 0.25) is 0 Å². The highest BCUT2D eigenvalue weighted by Gasteiger charge is 1.89. The van der Waals surface area contributed by atoms with E-state index in [4.69, 9.17) is 9.84 Å². The zero-order valence-corrected chi connectivity index (χ0v) is 5.29. The maximum atomic E-state index is 8.62. The normalized spacial score (nSPS) is 14.4. The van der Waals surface area contributed by atoms with Gasteiger partial charge in [-0.2, -0.15) is 0 Å². The molecule has 0 aromatic carbocycles. The Morgan fingerprint density at radius 3 is 2.75 bits per heavy atom. The van der Waals surface area contributed by atoms with E-state index < -0.39 is 0 Å². The predicted molar refractivity (Wildman–Crippen MR) is 32.4 cm³/mol. The average molecular weight is 116 g/mol. The molecule has 1 N–H and O–H groups in total. The van der Waals surface area contributed by atoms with Gasteiger partial charge in [-0.3, -0.25) is 0 Å². The Kier molecular flexibility index (Phi) is 4.36. The van der Waals surface area contributed by atoms with E-state index in [0.717, 1.165) is 0 Å². The SMILES string of the molecule is CC=COCC(C)O. The first kappa shape index (κ1) is 7.50. The smallest absolute Gasteiger partial charge is 0.113 e. The molecule has 0 saturated carbocycles. The Bertz CT molecular complexity index is 66.9. The molecule has 2 heteroatoms. The third-order valence-electron chi connectivity index (χ3n) is 0.570. The average Bonchev–Trinajstić information content (AvgIpc) is 1.66. The fourth-order valence-corrected chi connectivity index (χ4v) is 0.291. The molecule has 2 nitrogen and oxygen atoms in total. The lowest BCUT2D eigenvalue weighted by Gasteiger charge is -2.00. The molecule has 0 fully saturated rings. The van der Waals surface area contributed by atoms with Gasteiger partial charge in [0.2, 0.25) is 0 Å². The molecule has 0 aromatic heterocycles. The third-order valence-corrected chi connectivity index (χ3v) is 0.570. The van der Waals surface area contributed by atoms with Gasteiger partial charge in [-0.1, -0.05) is 6.08 Å². The van der Waals surface area contributed by atoms with Crippen LogP contribution in [0.25, 0.3) is 0 Å². The lowest BCUT2D eigenvalue weighted by atomic mass is 10.4. The Labute approximate surface area is 49.8 Å². The molecule has 0 amide bonds. The zero-order chi connectivity index (χ0) is 6.41. The highest BCUT2D eigenvalue weighted by molar-refractivity contribution is 4.65. The van der Waals surface area contributed by atoms with Crippen LogP contribution in [0.5, 0.6) is 0 Å². The summed E-state index contributed by atoms with van der Waals surface area (Å²) in [5, 5.41) is 8.62. The number of hydrogen-bond donors (Lipinski definition) is 1. The van der Waals surface area contributed by atoms with Gasteiger partial charge in [0.05, 0.1) is 12.4 Å². The zero-order valence-electron chi connectivity index (χ0n) is 5.29. The first-order valence-electron chi connectivity index (χ1n) is 2.68. The van der Waals surface area contributed by atoms with Gasteiger partial charge in [-0.15, -0.1) is 0 Å². The number of aliphatic hydroxyl groups excluding tert-OH is 1. The fourth-order valence-electron chi connectivity index (χ4n) is 0.291. The van der Waals surface area contributed by atoms with Crippen LogP contribution in [-0.4, -0.2) is 17.8 Å². The van der Waals surface area contributed by atoms with Gasteiger partial charge in [0.15, 0.2) is 0 Å². The molecular formula is C6H12O2. The molecular weight excluding hydrogens is 104 g/mol. The van der Waals surface area contributed by atoms with Gasteiger partial charge < -0.3 is 9.84 Å². The molecule has 0 aliphatic carbocycles. The Hall–Kier alpha value is -0.500. The van der Waals surface area contributed by atoms with Crippen LogP contribution in [0.3, 0.4) is 0 Å². The van der Waals surface area contributed by atoms with Crippen LogP contribution in [-0.2, 0) is 4.74 Å². The van der Waals surface area contributed by atoms with Gasteiger partial charge in [-0.25, -0.2) is 0 Å². The second kappa shape index (κ2) is 4.65. The highest BCUT2D eigenvalue weighted by atomic mass is 16.5. The van der Waals surface area contributed by atoms with Crippen molar-refractivity contribution in [2.24, 2.45) is 0 Å². The second-order valence-electron chi connectivity index (χ2n) is 1.65. The van der Waals surface area contributed by atoms with E-state index in [9.17, 15) is 0 Å². The molecule has 0 radical (unpaired) electrons. The number of ether oxygens (including phenoxy) is 1. The lowest BCUT2D eigenvalue weighted by Crippen LogP contribution is -2.06. The maximum absolute atomic E-state index is 8.62. The second-order valence-corrected chi connectivity index (χ2v) is 1.65. The quantitative estimate of drug-likeness (QED) is 0.555. The van der Waals surface area contributed by atoms with Crippen molar-refractivity contribution in [2.75, 3.05) is 6.61 Å². The van der Waals surface area contributed by atoms with Gasteiger partial charge in [0, 0.05) is 0 Å². The van der Waals surface area contributed by atoms with E-state index in [-0.39, 0.29) is 6.10 Å². The van der Waals surface area contributed by atoms with Gasteiger partial charge in [0.25, 0.3) is 0 Å². The first-order valence-corrected chi connectivity index (χ1v) is 2.68. The molecule has 0 aromatic rings. The Morgan fingerprint density at radius 2 is 2.38 bits per heavy atom. The fraction of sp³-hybridized carbons (Fsp3) is 0.667. The van der Waals surface area contributed by atoms with Crippen LogP contribution in [0.15, 0.2) is 12.3 Å². The molecule has 0 spiro atoms. The molecule has 1 unspecified atom stereocenters. The van der Waals surface area contributed by atoms with E-state index in [1.807, 2.05) is 6.92 Å². The van der Waals surface area contributed by atoms with Crippen molar-refractivity contribution in [3.8, 4) is 0 Å². The number of allylic oxidation sites excluding steroid dienone is 1. The highest BCUT2D eigenvalue weighted by Crippen LogP contribution is 1.82. The third kappa shape index (κ3) is 5.50. The van der Waals surface area contributed by atoms with E-state index in [1.54, 1.807) is 19.3 Å².